The van der Waals surface area contributed by atoms with Crippen LogP contribution in [0.5, 0.6) is 5.75 Å². The van der Waals surface area contributed by atoms with Crippen LogP contribution in [0.25, 0.3) is 0 Å². The fourth-order valence-electron chi connectivity index (χ4n) is 2.57. The van der Waals surface area contributed by atoms with Gasteiger partial charge in [-0.25, -0.2) is 0 Å². The molecule has 1 aliphatic heterocycles. The molecule has 4 nitrogen and oxygen atoms in total. The molecule has 0 radical (unpaired) electrons. The zero-order valence-electron chi connectivity index (χ0n) is 11.7. The van der Waals surface area contributed by atoms with E-state index in [1.807, 2.05) is 29.2 Å². The van der Waals surface area contributed by atoms with Crippen LogP contribution in [0.15, 0.2) is 24.3 Å². The molecule has 1 aromatic carbocycles. The number of para-hydroxylation sites is 1. The molecule has 19 heavy (non-hydrogen) atoms. The van der Waals surface area contributed by atoms with Crippen molar-refractivity contribution in [1.29, 1.82) is 0 Å². The minimum Gasteiger partial charge on any atom is -0.496 e. The largest absolute Gasteiger partial charge is 0.496 e. The second kappa shape index (κ2) is 6.57. The van der Waals surface area contributed by atoms with Crippen LogP contribution in [-0.4, -0.2) is 43.6 Å². The SMILES string of the molecule is CCCN(C(=O)c1ccccc1OC)[C@H]1CCNC1. The standard InChI is InChI=1S/C15H22N2O2/c1-3-10-17(12-8-9-16-11-12)15(18)13-6-4-5-7-14(13)19-2/h4-7,12,16H,3,8-11H2,1-2H3/t12-/m0/s1. The molecule has 0 saturated carbocycles. The van der Waals surface area contributed by atoms with Gasteiger partial charge in [0.15, 0.2) is 0 Å². The third-order valence-electron chi connectivity index (χ3n) is 3.54. The predicted molar refractivity (Wildman–Crippen MR) is 75.6 cm³/mol. The summed E-state index contributed by atoms with van der Waals surface area (Å²) < 4.78 is 5.29. The molecule has 0 bridgehead atoms. The lowest BCUT2D eigenvalue weighted by Gasteiger charge is -2.28. The van der Waals surface area contributed by atoms with Gasteiger partial charge in [0.05, 0.1) is 12.7 Å². The van der Waals surface area contributed by atoms with Crippen LogP contribution in [0, 0.1) is 0 Å². The number of rotatable bonds is 5. The van der Waals surface area contributed by atoms with E-state index in [1.165, 1.54) is 0 Å². The maximum atomic E-state index is 12.7. The van der Waals surface area contributed by atoms with Gasteiger partial charge in [-0.2, -0.15) is 0 Å². The first kappa shape index (κ1) is 13.9. The molecule has 0 aliphatic carbocycles. The highest BCUT2D eigenvalue weighted by Crippen LogP contribution is 2.22. The van der Waals surface area contributed by atoms with Crippen LogP contribution in [0.3, 0.4) is 0 Å². The van der Waals surface area contributed by atoms with E-state index in [0.29, 0.717) is 17.4 Å². The van der Waals surface area contributed by atoms with Gasteiger partial charge in [-0.1, -0.05) is 19.1 Å². The summed E-state index contributed by atoms with van der Waals surface area (Å²) in [6.07, 6.45) is 2.00. The monoisotopic (exact) mass is 262 g/mol. The topological polar surface area (TPSA) is 41.6 Å². The van der Waals surface area contributed by atoms with Gasteiger partial charge < -0.3 is 15.0 Å². The molecule has 1 saturated heterocycles. The summed E-state index contributed by atoms with van der Waals surface area (Å²) >= 11 is 0. The lowest BCUT2D eigenvalue weighted by molar-refractivity contribution is 0.0689. The number of nitrogens with zero attached hydrogens (tertiary/aromatic N) is 1. The Morgan fingerprint density at radius 3 is 2.89 bits per heavy atom. The van der Waals surface area contributed by atoms with E-state index in [-0.39, 0.29) is 5.91 Å². The minimum absolute atomic E-state index is 0.0769. The zero-order chi connectivity index (χ0) is 13.7. The van der Waals surface area contributed by atoms with Crippen molar-refractivity contribution in [1.82, 2.24) is 10.2 Å². The average molecular weight is 262 g/mol. The summed E-state index contributed by atoms with van der Waals surface area (Å²) in [5.74, 6) is 0.729. The smallest absolute Gasteiger partial charge is 0.257 e. The molecule has 1 atom stereocenters. The van der Waals surface area contributed by atoms with Gasteiger partial charge in [-0.3, -0.25) is 4.79 Å². The molecule has 1 amide bonds. The van der Waals surface area contributed by atoms with Gasteiger partial charge in [0.2, 0.25) is 0 Å². The number of methoxy groups -OCH3 is 1. The molecular formula is C15H22N2O2. The molecule has 1 N–H and O–H groups in total. The molecule has 1 fully saturated rings. The van der Waals surface area contributed by atoms with Crippen LogP contribution in [-0.2, 0) is 0 Å². The van der Waals surface area contributed by atoms with Gasteiger partial charge in [-0.05, 0) is 31.5 Å². The summed E-state index contributed by atoms with van der Waals surface area (Å²) in [7, 11) is 1.60. The summed E-state index contributed by atoms with van der Waals surface area (Å²) in [4.78, 5) is 14.7. The highest BCUT2D eigenvalue weighted by molar-refractivity contribution is 5.97. The Bertz CT molecular complexity index is 428. The highest BCUT2D eigenvalue weighted by atomic mass is 16.5. The number of benzene rings is 1. The zero-order valence-corrected chi connectivity index (χ0v) is 11.7. The van der Waals surface area contributed by atoms with Crippen LogP contribution < -0.4 is 10.1 Å². The molecule has 0 aromatic heterocycles. The Morgan fingerprint density at radius 2 is 2.26 bits per heavy atom. The number of ether oxygens (including phenoxy) is 1. The van der Waals surface area contributed by atoms with E-state index >= 15 is 0 Å². The molecule has 104 valence electrons. The van der Waals surface area contributed by atoms with E-state index in [2.05, 4.69) is 12.2 Å². The molecule has 1 aliphatic rings. The Kier molecular flexibility index (Phi) is 4.80. The molecule has 4 heteroatoms. The Balaban J connectivity index is 2.22. The summed E-state index contributed by atoms with van der Waals surface area (Å²) in [6, 6.07) is 7.75. The van der Waals surface area contributed by atoms with E-state index in [0.717, 1.165) is 32.5 Å². The third kappa shape index (κ3) is 3.07. The fourth-order valence-corrected chi connectivity index (χ4v) is 2.57. The Labute approximate surface area is 114 Å². The van der Waals surface area contributed by atoms with Crippen molar-refractivity contribution in [3.05, 3.63) is 29.8 Å². The highest BCUT2D eigenvalue weighted by Gasteiger charge is 2.27. The molecule has 0 spiro atoms. The maximum Gasteiger partial charge on any atom is 0.257 e. The first-order valence-electron chi connectivity index (χ1n) is 6.92. The summed E-state index contributed by atoms with van der Waals surface area (Å²) in [5.41, 5.74) is 0.658. The van der Waals surface area contributed by atoms with E-state index in [1.54, 1.807) is 7.11 Å². The normalized spacial score (nSPS) is 18.3. The third-order valence-corrected chi connectivity index (χ3v) is 3.54. The van der Waals surface area contributed by atoms with Crippen molar-refractivity contribution in [3.63, 3.8) is 0 Å². The number of amides is 1. The number of nitrogens with one attached hydrogen (secondary N) is 1. The van der Waals surface area contributed by atoms with Crippen LogP contribution in [0.4, 0.5) is 0 Å². The van der Waals surface area contributed by atoms with Crippen LogP contribution >= 0.6 is 0 Å². The molecule has 0 unspecified atom stereocenters. The van der Waals surface area contributed by atoms with Gasteiger partial charge in [0.1, 0.15) is 5.75 Å². The molecule has 1 heterocycles. The lowest BCUT2D eigenvalue weighted by Crippen LogP contribution is -2.42. The Morgan fingerprint density at radius 1 is 1.47 bits per heavy atom. The van der Waals surface area contributed by atoms with E-state index in [9.17, 15) is 4.79 Å². The number of carbonyl (C=O) groups excluding carboxylic acids is 1. The van der Waals surface area contributed by atoms with Gasteiger partial charge >= 0.3 is 0 Å². The molecule has 2 rings (SSSR count). The average Bonchev–Trinajstić information content (AvgIpc) is 2.98. The quantitative estimate of drug-likeness (QED) is 0.881. The number of carbonyl (C=O) groups is 1. The molecule has 1 aromatic rings. The molecular weight excluding hydrogens is 240 g/mol. The Hall–Kier alpha value is -1.55. The predicted octanol–water partition coefficient (Wildman–Crippen LogP) is 1.91. The van der Waals surface area contributed by atoms with Crippen molar-refractivity contribution in [3.8, 4) is 5.75 Å². The van der Waals surface area contributed by atoms with Crippen LogP contribution in [0.1, 0.15) is 30.1 Å². The van der Waals surface area contributed by atoms with Crippen molar-refractivity contribution < 1.29 is 9.53 Å². The van der Waals surface area contributed by atoms with E-state index in [4.69, 9.17) is 4.74 Å². The fraction of sp³-hybridized carbons (Fsp3) is 0.533. The van der Waals surface area contributed by atoms with E-state index < -0.39 is 0 Å². The lowest BCUT2D eigenvalue weighted by atomic mass is 10.1. The van der Waals surface area contributed by atoms with Gasteiger partial charge in [0, 0.05) is 19.1 Å². The van der Waals surface area contributed by atoms with Crippen molar-refractivity contribution >= 4 is 5.91 Å². The first-order valence-corrected chi connectivity index (χ1v) is 6.92. The first-order chi connectivity index (χ1) is 9.27. The number of hydrogen-bond acceptors (Lipinski definition) is 3. The maximum absolute atomic E-state index is 12.7. The second-order valence-corrected chi connectivity index (χ2v) is 4.85. The summed E-state index contributed by atoms with van der Waals surface area (Å²) in [6.45, 7) is 4.78. The van der Waals surface area contributed by atoms with Crippen molar-refractivity contribution in [2.75, 3.05) is 26.7 Å². The van der Waals surface area contributed by atoms with Crippen LogP contribution in [0.2, 0.25) is 0 Å². The minimum atomic E-state index is 0.0769. The van der Waals surface area contributed by atoms with Crippen molar-refractivity contribution in [2.45, 2.75) is 25.8 Å². The van der Waals surface area contributed by atoms with Crippen molar-refractivity contribution in [2.24, 2.45) is 0 Å². The van der Waals surface area contributed by atoms with Gasteiger partial charge in [-0.15, -0.1) is 0 Å². The second-order valence-electron chi connectivity index (χ2n) is 4.85. The summed E-state index contributed by atoms with van der Waals surface area (Å²) in [5, 5.41) is 3.32. The number of hydrogen-bond donors (Lipinski definition) is 1. The van der Waals surface area contributed by atoms with Gasteiger partial charge in [0.25, 0.3) is 5.91 Å².